The second-order valence-corrected chi connectivity index (χ2v) is 6.67. The third-order valence-corrected chi connectivity index (χ3v) is 4.40. The molecule has 0 radical (unpaired) electrons. The average molecular weight is 302 g/mol. The Morgan fingerprint density at radius 1 is 1.15 bits per heavy atom. The van der Waals surface area contributed by atoms with Gasteiger partial charge in [-0.3, -0.25) is 0 Å². The molecular weight excluding hydrogens is 280 g/mol. The minimum atomic E-state index is -3.00. The Morgan fingerprint density at radius 3 is 2.25 bits per heavy atom. The van der Waals surface area contributed by atoms with Crippen molar-refractivity contribution < 1.29 is 13.2 Å². The summed E-state index contributed by atoms with van der Waals surface area (Å²) in [7, 11) is -1.46. The van der Waals surface area contributed by atoms with Crippen LogP contribution in [0.25, 0.3) is 0 Å². The zero-order valence-corrected chi connectivity index (χ0v) is 13.0. The van der Waals surface area contributed by atoms with Gasteiger partial charge in [-0.25, -0.2) is 18.4 Å². The van der Waals surface area contributed by atoms with Crippen LogP contribution in [0.2, 0.25) is 0 Å². The maximum absolute atomic E-state index is 11.4. The molecule has 0 amide bonds. The van der Waals surface area contributed by atoms with Crippen molar-refractivity contribution in [1.82, 2.24) is 9.97 Å². The van der Waals surface area contributed by atoms with E-state index in [4.69, 9.17) is 4.74 Å². The van der Waals surface area contributed by atoms with Gasteiger partial charge in [-0.2, -0.15) is 0 Å². The van der Waals surface area contributed by atoms with E-state index in [1.807, 2.05) is 0 Å². The molecule has 0 aromatic carbocycles. The highest BCUT2D eigenvalue weighted by molar-refractivity contribution is 7.91. The highest BCUT2D eigenvalue weighted by Gasteiger charge is 2.13. The number of nitrogens with zero attached hydrogens (tertiary/aromatic N) is 2. The number of hydrogen-bond donors (Lipinski definition) is 2. The minimum Gasteiger partial charge on any atom is -0.490 e. The van der Waals surface area contributed by atoms with E-state index in [1.165, 1.54) is 13.4 Å². The fourth-order valence-corrected chi connectivity index (χ4v) is 2.23. The second-order valence-electron chi connectivity index (χ2n) is 4.19. The first-order valence-corrected chi connectivity index (χ1v) is 8.43. The lowest BCUT2D eigenvalue weighted by Gasteiger charge is -2.13. The van der Waals surface area contributed by atoms with Gasteiger partial charge in [0, 0.05) is 18.8 Å². The smallest absolute Gasteiger partial charge is 0.204 e. The molecule has 0 atom stereocenters. The van der Waals surface area contributed by atoms with E-state index in [0.717, 1.165) is 13.0 Å². The largest absolute Gasteiger partial charge is 0.490 e. The van der Waals surface area contributed by atoms with Crippen LogP contribution in [0.15, 0.2) is 6.33 Å². The topological polar surface area (TPSA) is 93.2 Å². The molecule has 1 heterocycles. The number of anilines is 2. The molecule has 7 nitrogen and oxygen atoms in total. The van der Waals surface area contributed by atoms with Crippen molar-refractivity contribution in [3.63, 3.8) is 0 Å². The summed E-state index contributed by atoms with van der Waals surface area (Å²) in [5.74, 6) is 1.79. The number of methoxy groups -OCH3 is 1. The van der Waals surface area contributed by atoms with Crippen LogP contribution in [0.5, 0.6) is 5.75 Å². The quantitative estimate of drug-likeness (QED) is 0.707. The molecule has 0 saturated heterocycles. The number of hydrogen-bond acceptors (Lipinski definition) is 7. The number of nitrogens with one attached hydrogen (secondary N) is 2. The Labute approximate surface area is 120 Å². The van der Waals surface area contributed by atoms with Gasteiger partial charge in [0.15, 0.2) is 21.5 Å². The molecule has 0 saturated carbocycles. The number of sulfone groups is 1. The third kappa shape index (κ3) is 4.84. The second kappa shape index (κ2) is 7.88. The molecule has 0 aliphatic rings. The normalized spacial score (nSPS) is 11.2. The summed E-state index contributed by atoms with van der Waals surface area (Å²) < 4.78 is 28.2. The van der Waals surface area contributed by atoms with Crippen molar-refractivity contribution in [2.75, 3.05) is 42.3 Å². The van der Waals surface area contributed by atoms with Crippen molar-refractivity contribution in [1.29, 1.82) is 0 Å². The van der Waals surface area contributed by atoms with Crippen LogP contribution in [0, 0.1) is 0 Å². The van der Waals surface area contributed by atoms with Crippen molar-refractivity contribution in [3.05, 3.63) is 6.33 Å². The Kier molecular flexibility index (Phi) is 6.50. The van der Waals surface area contributed by atoms with E-state index in [2.05, 4.69) is 27.5 Å². The van der Waals surface area contributed by atoms with Gasteiger partial charge < -0.3 is 15.4 Å². The van der Waals surface area contributed by atoms with Gasteiger partial charge in [-0.05, 0) is 6.42 Å². The van der Waals surface area contributed by atoms with Crippen LogP contribution in [0.3, 0.4) is 0 Å². The summed E-state index contributed by atoms with van der Waals surface area (Å²) >= 11 is 0. The molecule has 20 heavy (non-hydrogen) atoms. The first kappa shape index (κ1) is 16.5. The van der Waals surface area contributed by atoms with E-state index in [0.29, 0.717) is 17.4 Å². The minimum absolute atomic E-state index is 0.0639. The monoisotopic (exact) mass is 302 g/mol. The maximum Gasteiger partial charge on any atom is 0.204 e. The molecule has 1 rings (SSSR count). The highest BCUT2D eigenvalue weighted by atomic mass is 32.2. The number of rotatable bonds is 9. The summed E-state index contributed by atoms with van der Waals surface area (Å²) in [5.41, 5.74) is 0. The van der Waals surface area contributed by atoms with Crippen molar-refractivity contribution in [2.24, 2.45) is 0 Å². The Balaban J connectivity index is 2.74. The number of ether oxygens (including phenoxy) is 1. The molecule has 0 spiro atoms. The molecular formula is C12H22N4O3S. The lowest BCUT2D eigenvalue weighted by molar-refractivity contribution is 0.414. The SMILES string of the molecule is CCCNc1ncnc(NCCS(=O)(=O)CC)c1OC. The first-order chi connectivity index (χ1) is 9.54. The molecule has 0 aliphatic heterocycles. The fraction of sp³-hybridized carbons (Fsp3) is 0.667. The third-order valence-electron chi connectivity index (χ3n) is 2.70. The van der Waals surface area contributed by atoms with E-state index >= 15 is 0 Å². The van der Waals surface area contributed by atoms with E-state index in [-0.39, 0.29) is 18.1 Å². The summed E-state index contributed by atoms with van der Waals surface area (Å²) in [5, 5.41) is 6.11. The van der Waals surface area contributed by atoms with Crippen LogP contribution in [0.4, 0.5) is 11.6 Å². The van der Waals surface area contributed by atoms with Gasteiger partial charge in [0.05, 0.1) is 12.9 Å². The summed E-state index contributed by atoms with van der Waals surface area (Å²) in [6, 6.07) is 0. The molecule has 2 N–H and O–H groups in total. The van der Waals surface area contributed by atoms with Crippen LogP contribution in [0.1, 0.15) is 20.3 Å². The highest BCUT2D eigenvalue weighted by Crippen LogP contribution is 2.28. The van der Waals surface area contributed by atoms with Gasteiger partial charge in [-0.15, -0.1) is 0 Å². The summed E-state index contributed by atoms with van der Waals surface area (Å²) in [6.07, 6.45) is 2.38. The Bertz CT molecular complexity index is 519. The summed E-state index contributed by atoms with van der Waals surface area (Å²) in [6.45, 7) is 4.75. The lowest BCUT2D eigenvalue weighted by Crippen LogP contribution is -2.18. The Morgan fingerprint density at radius 2 is 1.75 bits per heavy atom. The van der Waals surface area contributed by atoms with Crippen molar-refractivity contribution in [3.8, 4) is 5.75 Å². The summed E-state index contributed by atoms with van der Waals surface area (Å²) in [4.78, 5) is 8.20. The van der Waals surface area contributed by atoms with Crippen LogP contribution >= 0.6 is 0 Å². The molecule has 0 bridgehead atoms. The standard InChI is InChI=1S/C12H22N4O3S/c1-4-6-13-11-10(19-3)12(16-9-15-11)14-7-8-20(17,18)5-2/h9H,4-8H2,1-3H3,(H2,13,14,15,16). The molecule has 0 unspecified atom stereocenters. The zero-order valence-electron chi connectivity index (χ0n) is 12.1. The lowest BCUT2D eigenvalue weighted by atomic mass is 10.4. The molecule has 8 heteroatoms. The van der Waals surface area contributed by atoms with Gasteiger partial charge in [-0.1, -0.05) is 13.8 Å². The van der Waals surface area contributed by atoms with Crippen molar-refractivity contribution in [2.45, 2.75) is 20.3 Å². The predicted octanol–water partition coefficient (Wildman–Crippen LogP) is 1.15. The van der Waals surface area contributed by atoms with E-state index in [9.17, 15) is 8.42 Å². The van der Waals surface area contributed by atoms with Crippen LogP contribution in [-0.2, 0) is 9.84 Å². The molecule has 1 aromatic heterocycles. The first-order valence-electron chi connectivity index (χ1n) is 6.61. The van der Waals surface area contributed by atoms with Crippen molar-refractivity contribution >= 4 is 21.5 Å². The molecule has 0 aliphatic carbocycles. The Hall–Kier alpha value is -1.57. The van der Waals surface area contributed by atoms with E-state index < -0.39 is 9.84 Å². The van der Waals surface area contributed by atoms with Gasteiger partial charge in [0.1, 0.15) is 6.33 Å². The maximum atomic E-state index is 11.4. The van der Waals surface area contributed by atoms with Gasteiger partial charge >= 0.3 is 0 Å². The molecule has 1 aromatic rings. The molecule has 114 valence electrons. The van der Waals surface area contributed by atoms with E-state index in [1.54, 1.807) is 6.92 Å². The van der Waals surface area contributed by atoms with Crippen LogP contribution in [-0.4, -0.2) is 50.1 Å². The predicted molar refractivity (Wildman–Crippen MR) is 80.2 cm³/mol. The fourth-order valence-electron chi connectivity index (χ4n) is 1.53. The van der Waals surface area contributed by atoms with Crippen LogP contribution < -0.4 is 15.4 Å². The molecule has 0 fully saturated rings. The number of aromatic nitrogens is 2. The zero-order chi connectivity index (χ0) is 15.0. The average Bonchev–Trinajstić information content (AvgIpc) is 2.45. The van der Waals surface area contributed by atoms with Gasteiger partial charge in [0.2, 0.25) is 5.75 Å². The van der Waals surface area contributed by atoms with Gasteiger partial charge in [0.25, 0.3) is 0 Å².